The van der Waals surface area contributed by atoms with E-state index < -0.39 is 0 Å². The summed E-state index contributed by atoms with van der Waals surface area (Å²) in [4.78, 5) is 28.4. The van der Waals surface area contributed by atoms with Crippen LogP contribution in [0.4, 0.5) is 11.4 Å². The van der Waals surface area contributed by atoms with Crippen molar-refractivity contribution in [1.29, 1.82) is 0 Å². The van der Waals surface area contributed by atoms with Gasteiger partial charge in [-0.1, -0.05) is 24.3 Å². The Morgan fingerprint density at radius 1 is 1.09 bits per heavy atom. The number of anilines is 2. The molecule has 0 saturated carbocycles. The Balaban J connectivity index is 1.39. The summed E-state index contributed by atoms with van der Waals surface area (Å²) in [5.41, 5.74) is 5.71. The first-order valence-corrected chi connectivity index (χ1v) is 10.9. The van der Waals surface area contributed by atoms with Crippen molar-refractivity contribution in [2.75, 3.05) is 30.4 Å². The van der Waals surface area contributed by atoms with Crippen LogP contribution >= 0.6 is 0 Å². The number of aryl methyl sites for hydroxylation is 1. The van der Waals surface area contributed by atoms with Crippen LogP contribution in [-0.4, -0.2) is 46.6 Å². The van der Waals surface area contributed by atoms with Crippen molar-refractivity contribution < 1.29 is 9.59 Å². The normalized spacial score (nSPS) is 13.8. The summed E-state index contributed by atoms with van der Waals surface area (Å²) in [6.45, 7) is 5.67. The molecule has 3 aromatic rings. The Morgan fingerprint density at radius 2 is 1.84 bits per heavy atom. The molecule has 1 saturated heterocycles. The second-order valence-corrected chi connectivity index (χ2v) is 8.32. The minimum Gasteiger partial charge on any atom is -0.325 e. The molecular formula is C25H29N5O2. The van der Waals surface area contributed by atoms with Gasteiger partial charge in [0.15, 0.2) is 0 Å². The van der Waals surface area contributed by atoms with E-state index >= 15 is 0 Å². The third-order valence-electron chi connectivity index (χ3n) is 5.80. The Labute approximate surface area is 188 Å². The molecule has 166 valence electrons. The number of rotatable bonds is 7. The van der Waals surface area contributed by atoms with E-state index in [0.29, 0.717) is 18.7 Å². The number of amides is 2. The Morgan fingerprint density at radius 3 is 2.56 bits per heavy atom. The topological polar surface area (TPSA) is 70.5 Å². The van der Waals surface area contributed by atoms with Crippen LogP contribution in [0.15, 0.2) is 54.6 Å². The molecule has 2 heterocycles. The van der Waals surface area contributed by atoms with Gasteiger partial charge in [-0.15, -0.1) is 0 Å². The van der Waals surface area contributed by atoms with Crippen LogP contribution in [0.3, 0.4) is 0 Å². The number of likely N-dealkylation sites (N-methyl/N-ethyl adjacent to an activating group) is 1. The van der Waals surface area contributed by atoms with Crippen LogP contribution in [0, 0.1) is 13.8 Å². The number of carbonyl (C=O) groups is 2. The fourth-order valence-corrected chi connectivity index (χ4v) is 4.17. The number of hydrogen-bond acceptors (Lipinski definition) is 4. The third-order valence-corrected chi connectivity index (χ3v) is 5.80. The van der Waals surface area contributed by atoms with Gasteiger partial charge in [-0.25, -0.2) is 4.68 Å². The van der Waals surface area contributed by atoms with Gasteiger partial charge in [-0.05, 0) is 57.6 Å². The molecule has 2 aromatic carbocycles. The van der Waals surface area contributed by atoms with E-state index in [0.717, 1.165) is 41.3 Å². The maximum absolute atomic E-state index is 12.7. The number of para-hydroxylation sites is 1. The number of benzene rings is 2. The molecule has 0 atom stereocenters. The maximum atomic E-state index is 12.7. The fourth-order valence-electron chi connectivity index (χ4n) is 4.17. The lowest BCUT2D eigenvalue weighted by Crippen LogP contribution is -2.30. The third kappa shape index (κ3) is 4.73. The van der Waals surface area contributed by atoms with E-state index in [2.05, 4.69) is 12.2 Å². The second-order valence-electron chi connectivity index (χ2n) is 8.32. The van der Waals surface area contributed by atoms with Gasteiger partial charge < -0.3 is 10.2 Å². The summed E-state index contributed by atoms with van der Waals surface area (Å²) in [6.07, 6.45) is 1.46. The standard InChI is InChI=1S/C25H29N5O2/c1-18-23(19(2)30(27-18)21-10-5-4-6-11-21)16-28(3)17-24(31)26-20-9-7-12-22(15-20)29-14-8-13-25(29)32/h4-7,9-12,15H,8,13-14,16-17H2,1-3H3,(H,26,31). The van der Waals surface area contributed by atoms with Crippen molar-refractivity contribution in [3.05, 3.63) is 71.5 Å². The summed E-state index contributed by atoms with van der Waals surface area (Å²) in [5.74, 6) is 0.0400. The number of aromatic nitrogens is 2. The van der Waals surface area contributed by atoms with Crippen LogP contribution in [0.2, 0.25) is 0 Å². The van der Waals surface area contributed by atoms with E-state index in [1.807, 2.05) is 78.2 Å². The lowest BCUT2D eigenvalue weighted by molar-refractivity contribution is -0.117. The van der Waals surface area contributed by atoms with Crippen LogP contribution in [0.25, 0.3) is 5.69 Å². The molecule has 2 amide bonds. The maximum Gasteiger partial charge on any atom is 0.238 e. The minimum atomic E-state index is -0.0943. The summed E-state index contributed by atoms with van der Waals surface area (Å²) in [5, 5.41) is 7.65. The van der Waals surface area contributed by atoms with Crippen molar-refractivity contribution in [2.45, 2.75) is 33.2 Å². The number of hydrogen-bond donors (Lipinski definition) is 1. The molecule has 1 aliphatic rings. The lowest BCUT2D eigenvalue weighted by Gasteiger charge is -2.18. The van der Waals surface area contributed by atoms with Gasteiger partial charge in [0.25, 0.3) is 0 Å². The predicted octanol–water partition coefficient (Wildman–Crippen LogP) is 3.69. The predicted molar refractivity (Wildman–Crippen MR) is 126 cm³/mol. The molecule has 7 heteroatoms. The van der Waals surface area contributed by atoms with Gasteiger partial charge in [0, 0.05) is 42.1 Å². The quantitative estimate of drug-likeness (QED) is 0.619. The van der Waals surface area contributed by atoms with E-state index in [-0.39, 0.29) is 18.4 Å². The molecular weight excluding hydrogens is 402 g/mol. The first-order valence-electron chi connectivity index (χ1n) is 10.9. The molecule has 1 aliphatic heterocycles. The zero-order valence-corrected chi connectivity index (χ0v) is 18.8. The van der Waals surface area contributed by atoms with Crippen LogP contribution in [0.1, 0.15) is 29.8 Å². The van der Waals surface area contributed by atoms with Gasteiger partial charge in [0.1, 0.15) is 0 Å². The van der Waals surface area contributed by atoms with Gasteiger partial charge in [-0.2, -0.15) is 5.10 Å². The second kappa shape index (κ2) is 9.36. The monoisotopic (exact) mass is 431 g/mol. The number of carbonyl (C=O) groups excluding carboxylic acids is 2. The summed E-state index contributed by atoms with van der Waals surface area (Å²) in [6, 6.07) is 17.5. The first-order chi connectivity index (χ1) is 15.4. The van der Waals surface area contributed by atoms with Crippen molar-refractivity contribution in [1.82, 2.24) is 14.7 Å². The average molecular weight is 432 g/mol. The minimum absolute atomic E-state index is 0.0943. The molecule has 0 radical (unpaired) electrons. The molecule has 7 nitrogen and oxygen atoms in total. The Kier molecular flexibility index (Phi) is 6.37. The number of nitrogens with zero attached hydrogens (tertiary/aromatic N) is 4. The van der Waals surface area contributed by atoms with Crippen molar-refractivity contribution in [2.24, 2.45) is 0 Å². The highest BCUT2D eigenvalue weighted by molar-refractivity contribution is 5.97. The molecule has 0 unspecified atom stereocenters. The highest BCUT2D eigenvalue weighted by Crippen LogP contribution is 2.24. The summed E-state index contributed by atoms with van der Waals surface area (Å²) in [7, 11) is 1.93. The van der Waals surface area contributed by atoms with E-state index in [9.17, 15) is 9.59 Å². The lowest BCUT2D eigenvalue weighted by atomic mass is 10.2. The first kappa shape index (κ1) is 21.8. The molecule has 1 N–H and O–H groups in total. The largest absolute Gasteiger partial charge is 0.325 e. The van der Waals surface area contributed by atoms with E-state index in [1.165, 1.54) is 0 Å². The zero-order valence-electron chi connectivity index (χ0n) is 18.8. The molecule has 0 spiro atoms. The SMILES string of the molecule is Cc1nn(-c2ccccc2)c(C)c1CN(C)CC(=O)Nc1cccc(N2CCCC2=O)c1. The summed E-state index contributed by atoms with van der Waals surface area (Å²) >= 11 is 0. The van der Waals surface area contributed by atoms with Crippen molar-refractivity contribution in [3.63, 3.8) is 0 Å². The fraction of sp³-hybridized carbons (Fsp3) is 0.320. The van der Waals surface area contributed by atoms with Gasteiger partial charge >= 0.3 is 0 Å². The molecule has 0 bridgehead atoms. The van der Waals surface area contributed by atoms with Crippen LogP contribution in [-0.2, 0) is 16.1 Å². The molecule has 4 rings (SSSR count). The van der Waals surface area contributed by atoms with Gasteiger partial charge in [0.05, 0.1) is 17.9 Å². The smallest absolute Gasteiger partial charge is 0.238 e. The number of nitrogens with one attached hydrogen (secondary N) is 1. The van der Waals surface area contributed by atoms with E-state index in [1.54, 1.807) is 4.90 Å². The average Bonchev–Trinajstić information content (AvgIpc) is 3.32. The van der Waals surface area contributed by atoms with Gasteiger partial charge in [0.2, 0.25) is 11.8 Å². The molecule has 0 aliphatic carbocycles. The van der Waals surface area contributed by atoms with Crippen molar-refractivity contribution in [3.8, 4) is 5.69 Å². The molecule has 1 fully saturated rings. The molecule has 32 heavy (non-hydrogen) atoms. The Bertz CT molecular complexity index is 1120. The zero-order chi connectivity index (χ0) is 22.7. The highest BCUT2D eigenvalue weighted by atomic mass is 16.2. The van der Waals surface area contributed by atoms with Gasteiger partial charge in [-0.3, -0.25) is 14.5 Å². The van der Waals surface area contributed by atoms with Crippen LogP contribution in [0.5, 0.6) is 0 Å². The molecule has 1 aromatic heterocycles. The highest BCUT2D eigenvalue weighted by Gasteiger charge is 2.22. The van der Waals surface area contributed by atoms with E-state index in [4.69, 9.17) is 5.10 Å². The van der Waals surface area contributed by atoms with Crippen LogP contribution < -0.4 is 10.2 Å². The summed E-state index contributed by atoms with van der Waals surface area (Å²) < 4.78 is 1.95. The van der Waals surface area contributed by atoms with Crippen molar-refractivity contribution >= 4 is 23.2 Å². The Hall–Kier alpha value is -3.45.